The number of nitrogens with two attached hydrogens (primary N) is 1. The summed E-state index contributed by atoms with van der Waals surface area (Å²) in [6.07, 6.45) is 2.43. The fourth-order valence-electron chi connectivity index (χ4n) is 0.686. The molecular weight excluding hydrogens is 165 g/mol. The molecular formula is C6H14NO3P. The average molecular weight is 179 g/mol. The lowest BCUT2D eigenvalue weighted by Gasteiger charge is -2.04. The Kier molecular flexibility index (Phi) is 4.38. The van der Waals surface area contributed by atoms with Crippen LogP contribution in [0.5, 0.6) is 0 Å². The van der Waals surface area contributed by atoms with Crippen molar-refractivity contribution in [1.29, 1.82) is 0 Å². The van der Waals surface area contributed by atoms with E-state index >= 15 is 0 Å². The first-order valence-electron chi connectivity index (χ1n) is 3.62. The maximum Gasteiger partial charge on any atom is 0.302 e. The highest BCUT2D eigenvalue weighted by molar-refractivity contribution is 7.75. The van der Waals surface area contributed by atoms with Gasteiger partial charge in [-0.05, 0) is 6.42 Å². The molecule has 0 saturated carbocycles. The molecule has 1 amide bonds. The maximum atomic E-state index is 10.9. The van der Waals surface area contributed by atoms with E-state index in [2.05, 4.69) is 0 Å². The summed E-state index contributed by atoms with van der Waals surface area (Å²) in [6, 6.07) is 0. The van der Waals surface area contributed by atoms with Gasteiger partial charge in [0.2, 0.25) is 0 Å². The van der Waals surface area contributed by atoms with Crippen LogP contribution in [0.15, 0.2) is 0 Å². The lowest BCUT2D eigenvalue weighted by Crippen LogP contribution is -2.11. The molecule has 0 aliphatic carbocycles. The second-order valence-electron chi connectivity index (χ2n) is 2.47. The lowest BCUT2D eigenvalue weighted by atomic mass is 10.3. The summed E-state index contributed by atoms with van der Waals surface area (Å²) in [5, 5.41) is 0. The van der Waals surface area contributed by atoms with Crippen molar-refractivity contribution in [2.24, 2.45) is 5.73 Å². The van der Waals surface area contributed by atoms with Gasteiger partial charge in [-0.3, -0.25) is 9.36 Å². The zero-order valence-corrected chi connectivity index (χ0v) is 7.51. The Balaban J connectivity index is 3.74. The van der Waals surface area contributed by atoms with Crippen molar-refractivity contribution in [3.05, 3.63) is 0 Å². The summed E-state index contributed by atoms with van der Waals surface area (Å²) in [4.78, 5) is 19.2. The summed E-state index contributed by atoms with van der Waals surface area (Å²) >= 11 is 0. The third-order valence-electron chi connectivity index (χ3n) is 1.41. The molecule has 1 unspecified atom stereocenters. The number of hydrogen-bond acceptors (Lipinski definition) is 2. The van der Waals surface area contributed by atoms with Crippen LogP contribution in [0.1, 0.15) is 26.2 Å². The highest BCUT2D eigenvalue weighted by atomic mass is 31.2. The summed E-state index contributed by atoms with van der Waals surface area (Å²) in [5.74, 6) is 0. The zero-order chi connectivity index (χ0) is 8.91. The van der Waals surface area contributed by atoms with Crippen LogP contribution in [0.4, 0.5) is 4.79 Å². The Morgan fingerprint density at radius 1 is 1.55 bits per heavy atom. The van der Waals surface area contributed by atoms with Gasteiger partial charge >= 0.3 is 5.65 Å². The Labute approximate surface area is 66.2 Å². The smallest absolute Gasteiger partial charge is 0.302 e. The largest absolute Gasteiger partial charge is 0.361 e. The summed E-state index contributed by atoms with van der Waals surface area (Å²) in [7, 11) is -3.66. The first-order valence-corrected chi connectivity index (χ1v) is 5.47. The Morgan fingerprint density at radius 3 is 2.45 bits per heavy atom. The molecule has 0 bridgehead atoms. The van der Waals surface area contributed by atoms with E-state index < -0.39 is 13.0 Å². The normalized spacial score (nSPS) is 15.8. The van der Waals surface area contributed by atoms with Gasteiger partial charge in [-0.15, -0.1) is 0 Å². The minimum Gasteiger partial charge on any atom is -0.361 e. The number of rotatable bonds is 5. The van der Waals surface area contributed by atoms with Crippen LogP contribution in [-0.2, 0) is 4.57 Å². The van der Waals surface area contributed by atoms with Crippen molar-refractivity contribution < 1.29 is 14.3 Å². The molecule has 4 nitrogen and oxygen atoms in total. The summed E-state index contributed by atoms with van der Waals surface area (Å²) in [6.45, 7) is 1.98. The molecule has 0 aromatic carbocycles. The first kappa shape index (κ1) is 10.7. The molecule has 0 aromatic rings. The van der Waals surface area contributed by atoms with Crippen LogP contribution in [0.25, 0.3) is 0 Å². The Morgan fingerprint density at radius 2 is 2.09 bits per heavy atom. The van der Waals surface area contributed by atoms with Crippen LogP contribution in [0, 0.1) is 0 Å². The molecule has 0 rings (SSSR count). The second-order valence-corrected chi connectivity index (χ2v) is 4.76. The van der Waals surface area contributed by atoms with E-state index in [-0.39, 0.29) is 6.16 Å². The van der Waals surface area contributed by atoms with Crippen molar-refractivity contribution in [2.75, 3.05) is 6.16 Å². The Bertz CT molecular complexity index is 181. The van der Waals surface area contributed by atoms with Crippen molar-refractivity contribution in [3.8, 4) is 0 Å². The number of unbranched alkanes of at least 4 members (excludes halogenated alkanes) is 2. The van der Waals surface area contributed by atoms with E-state index in [1.807, 2.05) is 6.92 Å². The van der Waals surface area contributed by atoms with Crippen molar-refractivity contribution >= 4 is 13.0 Å². The second kappa shape index (κ2) is 4.52. The lowest BCUT2D eigenvalue weighted by molar-refractivity contribution is 0.262. The Hall–Kier alpha value is -0.340. The van der Waals surface area contributed by atoms with Crippen LogP contribution in [-0.4, -0.2) is 16.7 Å². The molecule has 0 spiro atoms. The molecule has 3 N–H and O–H groups in total. The van der Waals surface area contributed by atoms with Crippen LogP contribution >= 0.6 is 7.37 Å². The zero-order valence-electron chi connectivity index (χ0n) is 6.62. The van der Waals surface area contributed by atoms with E-state index in [9.17, 15) is 9.36 Å². The third-order valence-corrected chi connectivity index (χ3v) is 3.02. The number of amides is 1. The molecule has 11 heavy (non-hydrogen) atoms. The van der Waals surface area contributed by atoms with Gasteiger partial charge in [0.25, 0.3) is 7.37 Å². The molecule has 5 heteroatoms. The van der Waals surface area contributed by atoms with Crippen LogP contribution < -0.4 is 5.73 Å². The monoisotopic (exact) mass is 179 g/mol. The van der Waals surface area contributed by atoms with E-state index in [1.165, 1.54) is 0 Å². The van der Waals surface area contributed by atoms with E-state index in [1.54, 1.807) is 0 Å². The number of hydrogen-bond donors (Lipinski definition) is 2. The molecule has 0 aliphatic rings. The third kappa shape index (κ3) is 4.17. The fraction of sp³-hybridized carbons (Fsp3) is 0.833. The van der Waals surface area contributed by atoms with Crippen molar-refractivity contribution in [3.63, 3.8) is 0 Å². The number of carbonyl (C=O) groups excluding carboxylic acids is 1. The average Bonchev–Trinajstić information content (AvgIpc) is 1.88. The predicted octanol–water partition coefficient (Wildman–Crippen LogP) is 1.53. The van der Waals surface area contributed by atoms with Gasteiger partial charge in [0.05, 0.1) is 0 Å². The van der Waals surface area contributed by atoms with Gasteiger partial charge in [0.1, 0.15) is 0 Å². The van der Waals surface area contributed by atoms with Crippen molar-refractivity contribution in [1.82, 2.24) is 0 Å². The van der Waals surface area contributed by atoms with Crippen LogP contribution in [0.3, 0.4) is 0 Å². The molecule has 0 saturated heterocycles. The maximum absolute atomic E-state index is 10.9. The molecule has 0 radical (unpaired) electrons. The number of primary amides is 1. The highest BCUT2D eigenvalue weighted by Gasteiger charge is 2.24. The fourth-order valence-corrected chi connectivity index (χ4v) is 1.56. The van der Waals surface area contributed by atoms with E-state index in [4.69, 9.17) is 10.6 Å². The van der Waals surface area contributed by atoms with Crippen molar-refractivity contribution in [2.45, 2.75) is 26.2 Å². The molecule has 1 atom stereocenters. The minimum absolute atomic E-state index is 0.0240. The summed E-state index contributed by atoms with van der Waals surface area (Å²) in [5.41, 5.74) is 3.63. The molecule has 0 aliphatic heterocycles. The quantitative estimate of drug-likeness (QED) is 0.496. The van der Waals surface area contributed by atoms with Gasteiger partial charge < -0.3 is 10.6 Å². The van der Waals surface area contributed by atoms with Gasteiger partial charge in [-0.2, -0.15) is 0 Å². The minimum atomic E-state index is -3.66. The summed E-state index contributed by atoms with van der Waals surface area (Å²) < 4.78 is 10.9. The van der Waals surface area contributed by atoms with E-state index in [0.717, 1.165) is 12.8 Å². The molecule has 0 aromatic heterocycles. The standard InChI is InChI=1S/C6H14NO3P/c1-2-3-4-5-11(9,10)6(7)8/h2-5H2,1H3,(H2,7,8)(H,9,10). The molecule has 66 valence electrons. The van der Waals surface area contributed by atoms with Gasteiger partial charge in [-0.1, -0.05) is 19.8 Å². The first-order chi connectivity index (χ1) is 5.00. The SMILES string of the molecule is CCCCCP(=O)(O)C(N)=O. The molecule has 0 heterocycles. The number of carbonyl (C=O) groups is 1. The van der Waals surface area contributed by atoms with Gasteiger partial charge in [0, 0.05) is 6.16 Å². The van der Waals surface area contributed by atoms with Gasteiger partial charge in [0.15, 0.2) is 0 Å². The highest BCUT2D eigenvalue weighted by Crippen LogP contribution is 2.40. The van der Waals surface area contributed by atoms with Crippen LogP contribution in [0.2, 0.25) is 0 Å². The predicted molar refractivity (Wildman–Crippen MR) is 43.8 cm³/mol. The molecule has 0 fully saturated rings. The topological polar surface area (TPSA) is 80.4 Å². The van der Waals surface area contributed by atoms with E-state index in [0.29, 0.717) is 6.42 Å². The van der Waals surface area contributed by atoms with Gasteiger partial charge in [-0.25, -0.2) is 0 Å².